The fourth-order valence-electron chi connectivity index (χ4n) is 2.77. The molecule has 0 N–H and O–H groups in total. The van der Waals surface area contributed by atoms with Gasteiger partial charge in [-0.05, 0) is 6.07 Å². The summed E-state index contributed by atoms with van der Waals surface area (Å²) in [5, 5.41) is 8.05. The first-order valence-electron chi connectivity index (χ1n) is 7.93. The molecule has 3 aromatic heterocycles. The van der Waals surface area contributed by atoms with E-state index in [1.165, 1.54) is 11.1 Å². The van der Waals surface area contributed by atoms with Crippen molar-refractivity contribution in [1.82, 2.24) is 29.8 Å². The van der Waals surface area contributed by atoms with Gasteiger partial charge in [0.1, 0.15) is 11.9 Å². The van der Waals surface area contributed by atoms with Crippen LogP contribution in [0.15, 0.2) is 35.4 Å². The van der Waals surface area contributed by atoms with Gasteiger partial charge < -0.3 is 14.2 Å². The molecule has 1 aliphatic heterocycles. The number of hydrogen-bond acceptors (Lipinski definition) is 7. The molecule has 10 heteroatoms. The zero-order valence-electron chi connectivity index (χ0n) is 13.9. The number of rotatable bonds is 3. The van der Waals surface area contributed by atoms with Crippen LogP contribution in [0.3, 0.4) is 0 Å². The molecule has 0 spiro atoms. The van der Waals surface area contributed by atoms with Crippen LogP contribution in [0.2, 0.25) is 0 Å². The Morgan fingerprint density at radius 3 is 3.00 bits per heavy atom. The van der Waals surface area contributed by atoms with Crippen molar-refractivity contribution in [2.75, 3.05) is 19.8 Å². The summed E-state index contributed by atoms with van der Waals surface area (Å²) in [7, 11) is 1.78. The molecule has 0 bridgehead atoms. The molecule has 4 heterocycles. The van der Waals surface area contributed by atoms with Gasteiger partial charge in [0.25, 0.3) is 11.8 Å². The molecule has 0 radical (unpaired) electrons. The fraction of sp³-hybridized carbons (Fsp3) is 0.312. The third-order valence-corrected chi connectivity index (χ3v) is 4.03. The predicted octanol–water partition coefficient (Wildman–Crippen LogP) is 1.22. The molecule has 4 rings (SSSR count). The van der Waals surface area contributed by atoms with Gasteiger partial charge >= 0.3 is 0 Å². The summed E-state index contributed by atoms with van der Waals surface area (Å²) in [6.45, 7) is 0.926. The number of carbonyl (C=O) groups is 1. The lowest BCUT2D eigenvalue weighted by Crippen LogP contribution is -2.43. The molecule has 3 aromatic rings. The van der Waals surface area contributed by atoms with Crippen LogP contribution in [-0.2, 0) is 11.8 Å². The Bertz CT molecular complexity index is 939. The van der Waals surface area contributed by atoms with Crippen LogP contribution in [0.4, 0.5) is 4.39 Å². The molecule has 1 atom stereocenters. The van der Waals surface area contributed by atoms with Crippen molar-refractivity contribution in [3.8, 4) is 11.5 Å². The van der Waals surface area contributed by atoms with Gasteiger partial charge in [0.05, 0.1) is 36.7 Å². The first-order valence-corrected chi connectivity index (χ1v) is 7.93. The van der Waals surface area contributed by atoms with Crippen LogP contribution in [-0.4, -0.2) is 55.5 Å². The van der Waals surface area contributed by atoms with E-state index in [9.17, 15) is 9.18 Å². The molecule has 1 saturated heterocycles. The maximum absolute atomic E-state index is 13.4. The zero-order valence-corrected chi connectivity index (χ0v) is 13.9. The molecule has 26 heavy (non-hydrogen) atoms. The third kappa shape index (κ3) is 3.06. The van der Waals surface area contributed by atoms with Crippen LogP contribution >= 0.6 is 0 Å². The van der Waals surface area contributed by atoms with Crippen LogP contribution < -0.4 is 0 Å². The van der Waals surface area contributed by atoms with E-state index in [-0.39, 0.29) is 18.1 Å². The van der Waals surface area contributed by atoms with Gasteiger partial charge in [-0.15, -0.1) is 0 Å². The number of ether oxygens (including phenoxy) is 1. The molecular formula is C16H15FN6O3. The van der Waals surface area contributed by atoms with Crippen LogP contribution in [0.25, 0.3) is 11.5 Å². The highest BCUT2D eigenvalue weighted by Gasteiger charge is 2.33. The van der Waals surface area contributed by atoms with E-state index in [0.29, 0.717) is 30.4 Å². The minimum absolute atomic E-state index is 0.160. The number of amides is 1. The minimum Gasteiger partial charge on any atom is -0.377 e. The van der Waals surface area contributed by atoms with E-state index in [2.05, 4.69) is 20.2 Å². The van der Waals surface area contributed by atoms with E-state index >= 15 is 0 Å². The number of pyridine rings is 1. The molecule has 0 saturated carbocycles. The molecule has 0 aromatic carbocycles. The number of aromatic nitrogens is 5. The van der Waals surface area contributed by atoms with E-state index in [1.807, 2.05) is 0 Å². The van der Waals surface area contributed by atoms with E-state index in [4.69, 9.17) is 9.26 Å². The van der Waals surface area contributed by atoms with Crippen molar-refractivity contribution in [1.29, 1.82) is 0 Å². The van der Waals surface area contributed by atoms with Gasteiger partial charge in [-0.25, -0.2) is 4.39 Å². The van der Waals surface area contributed by atoms with Gasteiger partial charge in [-0.3, -0.25) is 14.5 Å². The zero-order chi connectivity index (χ0) is 18.1. The van der Waals surface area contributed by atoms with Crippen molar-refractivity contribution in [2.24, 2.45) is 7.05 Å². The molecule has 1 amide bonds. The van der Waals surface area contributed by atoms with Crippen molar-refractivity contribution >= 4 is 5.91 Å². The van der Waals surface area contributed by atoms with Crippen molar-refractivity contribution in [2.45, 2.75) is 6.04 Å². The van der Waals surface area contributed by atoms with Crippen LogP contribution in [0.5, 0.6) is 0 Å². The lowest BCUT2D eigenvalue weighted by molar-refractivity contribution is -0.00581. The maximum Gasteiger partial charge on any atom is 0.261 e. The second kappa shape index (κ2) is 6.64. The van der Waals surface area contributed by atoms with Gasteiger partial charge in [0.2, 0.25) is 0 Å². The van der Waals surface area contributed by atoms with E-state index < -0.39 is 11.9 Å². The molecular weight excluding hydrogens is 343 g/mol. The molecule has 0 aliphatic carbocycles. The lowest BCUT2D eigenvalue weighted by atomic mass is 10.1. The Balaban J connectivity index is 1.62. The summed E-state index contributed by atoms with van der Waals surface area (Å²) in [5.74, 6) is -0.308. The average molecular weight is 358 g/mol. The smallest absolute Gasteiger partial charge is 0.261 e. The molecule has 9 nitrogen and oxygen atoms in total. The maximum atomic E-state index is 13.4. The summed E-state index contributed by atoms with van der Waals surface area (Å²) >= 11 is 0. The molecule has 1 aliphatic rings. The standard InChI is InChI=1S/C16H15FN6O3/c1-22-8-11(6-19-22)15-20-14(21-26-15)13-9-25-3-2-23(13)16(24)10-4-12(17)7-18-5-10/h4-8,13H,2-3,9H2,1H3. The highest BCUT2D eigenvalue weighted by Crippen LogP contribution is 2.26. The average Bonchev–Trinajstić information content (AvgIpc) is 3.30. The van der Waals surface area contributed by atoms with Crippen LogP contribution in [0.1, 0.15) is 22.2 Å². The predicted molar refractivity (Wildman–Crippen MR) is 85.3 cm³/mol. The summed E-state index contributed by atoms with van der Waals surface area (Å²) in [4.78, 5) is 22.4. The first kappa shape index (κ1) is 16.3. The largest absolute Gasteiger partial charge is 0.377 e. The normalized spacial score (nSPS) is 17.5. The first-order chi connectivity index (χ1) is 12.6. The molecule has 1 fully saturated rings. The SMILES string of the molecule is Cn1cc(-c2nc(C3COCCN3C(=O)c3cncc(F)c3)no2)cn1. The number of nitrogens with zero attached hydrogens (tertiary/aromatic N) is 6. The monoisotopic (exact) mass is 358 g/mol. The minimum atomic E-state index is -0.570. The van der Waals surface area contributed by atoms with Crippen molar-refractivity contribution < 1.29 is 18.4 Å². The topological polar surface area (TPSA) is 99.2 Å². The summed E-state index contributed by atoms with van der Waals surface area (Å²) in [6, 6.07) is 0.618. The van der Waals surface area contributed by atoms with E-state index in [1.54, 1.807) is 24.1 Å². The van der Waals surface area contributed by atoms with Crippen molar-refractivity contribution in [3.05, 3.63) is 48.1 Å². The Kier molecular flexibility index (Phi) is 4.17. The second-order valence-electron chi connectivity index (χ2n) is 5.84. The van der Waals surface area contributed by atoms with Gasteiger partial charge in [-0.2, -0.15) is 10.1 Å². The fourth-order valence-corrected chi connectivity index (χ4v) is 2.77. The lowest BCUT2D eigenvalue weighted by Gasteiger charge is -2.33. The second-order valence-corrected chi connectivity index (χ2v) is 5.84. The highest BCUT2D eigenvalue weighted by molar-refractivity contribution is 5.94. The highest BCUT2D eigenvalue weighted by atomic mass is 19.1. The number of morpholine rings is 1. The Hall–Kier alpha value is -3.14. The van der Waals surface area contributed by atoms with Gasteiger partial charge in [-0.1, -0.05) is 5.16 Å². The Morgan fingerprint density at radius 1 is 1.35 bits per heavy atom. The van der Waals surface area contributed by atoms with Gasteiger partial charge in [0, 0.05) is 26.0 Å². The van der Waals surface area contributed by atoms with Crippen LogP contribution in [0, 0.1) is 5.82 Å². The number of carbonyl (C=O) groups excluding carboxylic acids is 1. The number of halogens is 1. The number of aryl methyl sites for hydroxylation is 1. The number of hydrogen-bond donors (Lipinski definition) is 0. The molecule has 134 valence electrons. The van der Waals surface area contributed by atoms with Crippen molar-refractivity contribution in [3.63, 3.8) is 0 Å². The van der Waals surface area contributed by atoms with E-state index in [0.717, 1.165) is 12.3 Å². The summed E-state index contributed by atoms with van der Waals surface area (Å²) in [5.41, 5.74) is 0.836. The summed E-state index contributed by atoms with van der Waals surface area (Å²) in [6.07, 6.45) is 5.73. The quantitative estimate of drug-likeness (QED) is 0.694. The third-order valence-electron chi connectivity index (χ3n) is 4.03. The summed E-state index contributed by atoms with van der Waals surface area (Å²) < 4.78 is 25.8. The Labute approximate surface area is 147 Å². The molecule has 1 unspecified atom stereocenters. The van der Waals surface area contributed by atoms with Gasteiger partial charge in [0.15, 0.2) is 5.82 Å². The Morgan fingerprint density at radius 2 is 2.23 bits per heavy atom.